The molecule has 2 bridgehead atoms. The van der Waals surface area contributed by atoms with Gasteiger partial charge in [0.15, 0.2) is 0 Å². The van der Waals surface area contributed by atoms with E-state index in [1.165, 1.54) is 12.8 Å². The predicted molar refractivity (Wildman–Crippen MR) is 54.3 cm³/mol. The monoisotopic (exact) mass is 186 g/mol. The first-order valence-electron chi connectivity index (χ1n) is 4.75. The molecule has 2 aliphatic rings. The van der Waals surface area contributed by atoms with Gasteiger partial charge in [0.25, 0.3) is 0 Å². The minimum Gasteiger partial charge on any atom is -0.326 e. The zero-order chi connectivity index (χ0) is 8.93. The van der Waals surface area contributed by atoms with Gasteiger partial charge in [-0.25, -0.2) is 0 Å². The number of hydrogen-bond donors (Lipinski definition) is 2. The summed E-state index contributed by atoms with van der Waals surface area (Å²) in [4.78, 5) is 2.46. The second-order valence-electron chi connectivity index (χ2n) is 4.63. The van der Waals surface area contributed by atoms with E-state index in [-0.39, 0.29) is 4.87 Å². The van der Waals surface area contributed by atoms with Crippen LogP contribution in [-0.4, -0.2) is 28.4 Å². The first-order chi connectivity index (χ1) is 5.50. The number of piperidine rings is 1. The number of nitrogens with zero attached hydrogens (tertiary/aromatic N) is 1. The second-order valence-corrected chi connectivity index (χ2v) is 5.72. The summed E-state index contributed by atoms with van der Waals surface area (Å²) in [7, 11) is 0. The lowest BCUT2D eigenvalue weighted by atomic mass is 10.1. The first-order valence-corrected chi connectivity index (χ1v) is 5.19. The van der Waals surface area contributed by atoms with E-state index in [2.05, 4.69) is 31.4 Å². The van der Waals surface area contributed by atoms with Gasteiger partial charge in [0.05, 0.1) is 4.87 Å². The topological polar surface area (TPSA) is 29.3 Å². The van der Waals surface area contributed by atoms with Gasteiger partial charge in [-0.15, -0.1) is 0 Å². The molecule has 3 heteroatoms. The summed E-state index contributed by atoms with van der Waals surface area (Å²) in [6.45, 7) is 5.47. The van der Waals surface area contributed by atoms with Crippen LogP contribution in [-0.2, 0) is 0 Å². The van der Waals surface area contributed by atoms with Crippen molar-refractivity contribution in [3.63, 3.8) is 0 Å². The average Bonchev–Trinajstić information content (AvgIpc) is 2.45. The molecule has 3 atom stereocenters. The standard InChI is InChI=1S/C9H18N2S/c1-9(2,12)11-5-6-3-4-7(11)8(6)10/h6-8,12H,3-5,10H2,1-2H3. The second kappa shape index (κ2) is 2.63. The van der Waals surface area contributed by atoms with Gasteiger partial charge in [-0.3, -0.25) is 4.90 Å². The van der Waals surface area contributed by atoms with Crippen molar-refractivity contribution >= 4 is 12.6 Å². The third-order valence-electron chi connectivity index (χ3n) is 3.36. The normalized spacial score (nSPS) is 42.5. The number of nitrogens with two attached hydrogens (primary N) is 1. The Balaban J connectivity index is 2.14. The van der Waals surface area contributed by atoms with Gasteiger partial charge in [0.1, 0.15) is 0 Å². The van der Waals surface area contributed by atoms with E-state index in [9.17, 15) is 0 Å². The van der Waals surface area contributed by atoms with E-state index in [0.717, 1.165) is 12.5 Å². The molecule has 0 radical (unpaired) electrons. The van der Waals surface area contributed by atoms with Crippen molar-refractivity contribution in [2.75, 3.05) is 6.54 Å². The molecule has 2 rings (SSSR count). The number of fused-ring (bicyclic) bond motifs is 2. The van der Waals surface area contributed by atoms with Gasteiger partial charge in [0.2, 0.25) is 0 Å². The maximum absolute atomic E-state index is 6.10. The van der Waals surface area contributed by atoms with Crippen LogP contribution >= 0.6 is 12.6 Å². The van der Waals surface area contributed by atoms with Crippen molar-refractivity contribution in [3.8, 4) is 0 Å². The quantitative estimate of drug-likeness (QED) is 0.600. The predicted octanol–water partition coefficient (Wildman–Crippen LogP) is 1.07. The summed E-state index contributed by atoms with van der Waals surface area (Å²) in [6.07, 6.45) is 2.60. The Morgan fingerprint density at radius 3 is 2.33 bits per heavy atom. The van der Waals surface area contributed by atoms with Crippen molar-refractivity contribution in [3.05, 3.63) is 0 Å². The SMILES string of the molecule is CC(C)(S)N1CC2CCC1C2N. The van der Waals surface area contributed by atoms with E-state index < -0.39 is 0 Å². The van der Waals surface area contributed by atoms with Crippen molar-refractivity contribution in [2.45, 2.75) is 43.6 Å². The van der Waals surface area contributed by atoms with E-state index >= 15 is 0 Å². The molecule has 1 heterocycles. The number of likely N-dealkylation sites (tertiary alicyclic amines) is 1. The van der Waals surface area contributed by atoms with E-state index in [4.69, 9.17) is 5.73 Å². The molecule has 70 valence electrons. The minimum absolute atomic E-state index is 0.0114. The third kappa shape index (κ3) is 1.19. The zero-order valence-corrected chi connectivity index (χ0v) is 8.72. The van der Waals surface area contributed by atoms with E-state index in [1.54, 1.807) is 0 Å². The molecule has 2 nitrogen and oxygen atoms in total. The summed E-state index contributed by atoms with van der Waals surface area (Å²) in [5, 5.41) is 0. The van der Waals surface area contributed by atoms with E-state index in [1.807, 2.05) is 0 Å². The fourth-order valence-electron chi connectivity index (χ4n) is 2.68. The van der Waals surface area contributed by atoms with Crippen LogP contribution < -0.4 is 5.73 Å². The van der Waals surface area contributed by atoms with Crippen LogP contribution in [0.2, 0.25) is 0 Å². The highest BCUT2D eigenvalue weighted by atomic mass is 32.1. The summed E-state index contributed by atoms with van der Waals surface area (Å²) >= 11 is 4.59. The van der Waals surface area contributed by atoms with Crippen LogP contribution in [0.15, 0.2) is 0 Å². The molecule has 0 spiro atoms. The Kier molecular flexibility index (Phi) is 1.94. The maximum Gasteiger partial charge on any atom is 0.0586 e. The molecule has 12 heavy (non-hydrogen) atoms. The van der Waals surface area contributed by atoms with Crippen molar-refractivity contribution in [2.24, 2.45) is 11.7 Å². The molecular formula is C9H18N2S. The highest BCUT2D eigenvalue weighted by molar-refractivity contribution is 7.81. The fraction of sp³-hybridized carbons (Fsp3) is 1.00. The molecule has 1 saturated carbocycles. The lowest BCUT2D eigenvalue weighted by Gasteiger charge is -2.37. The first kappa shape index (κ1) is 8.85. The molecule has 3 unspecified atom stereocenters. The van der Waals surface area contributed by atoms with Gasteiger partial charge in [-0.1, -0.05) is 0 Å². The summed E-state index contributed by atoms with van der Waals surface area (Å²) in [6, 6.07) is 1.01. The van der Waals surface area contributed by atoms with Crippen LogP contribution in [0, 0.1) is 5.92 Å². The van der Waals surface area contributed by atoms with Crippen molar-refractivity contribution in [1.82, 2.24) is 4.90 Å². The molecule has 0 amide bonds. The molecule has 2 N–H and O–H groups in total. The highest BCUT2D eigenvalue weighted by Gasteiger charge is 2.48. The molecule has 2 fully saturated rings. The zero-order valence-electron chi connectivity index (χ0n) is 7.83. The Morgan fingerprint density at radius 1 is 1.42 bits per heavy atom. The highest BCUT2D eigenvalue weighted by Crippen LogP contribution is 2.41. The van der Waals surface area contributed by atoms with Crippen LogP contribution in [0.1, 0.15) is 26.7 Å². The van der Waals surface area contributed by atoms with Gasteiger partial charge >= 0.3 is 0 Å². The van der Waals surface area contributed by atoms with Crippen LogP contribution in [0.4, 0.5) is 0 Å². The molecule has 1 aliphatic carbocycles. The Morgan fingerprint density at radius 2 is 2.08 bits per heavy atom. The average molecular weight is 186 g/mol. The maximum atomic E-state index is 6.10. The minimum atomic E-state index is 0.0114. The summed E-state index contributed by atoms with van der Waals surface area (Å²) in [5.74, 6) is 0.737. The number of hydrogen-bond acceptors (Lipinski definition) is 3. The van der Waals surface area contributed by atoms with Crippen LogP contribution in [0.5, 0.6) is 0 Å². The number of rotatable bonds is 1. The van der Waals surface area contributed by atoms with E-state index in [0.29, 0.717) is 12.1 Å². The Bertz CT molecular complexity index is 187. The lowest BCUT2D eigenvalue weighted by molar-refractivity contribution is 0.147. The van der Waals surface area contributed by atoms with Gasteiger partial charge < -0.3 is 5.73 Å². The fourth-order valence-corrected chi connectivity index (χ4v) is 2.91. The molecule has 1 saturated heterocycles. The molecule has 0 aromatic carbocycles. The van der Waals surface area contributed by atoms with Gasteiger partial charge in [-0.2, -0.15) is 12.6 Å². The molecule has 1 aliphatic heterocycles. The summed E-state index contributed by atoms with van der Waals surface area (Å²) in [5.41, 5.74) is 6.10. The van der Waals surface area contributed by atoms with Crippen molar-refractivity contribution < 1.29 is 0 Å². The van der Waals surface area contributed by atoms with Gasteiger partial charge in [0, 0.05) is 18.6 Å². The van der Waals surface area contributed by atoms with Crippen LogP contribution in [0.3, 0.4) is 0 Å². The van der Waals surface area contributed by atoms with Crippen LogP contribution in [0.25, 0.3) is 0 Å². The smallest absolute Gasteiger partial charge is 0.0586 e. The lowest BCUT2D eigenvalue weighted by Crippen LogP contribution is -2.46. The molecular weight excluding hydrogens is 168 g/mol. The third-order valence-corrected chi connectivity index (χ3v) is 3.61. The van der Waals surface area contributed by atoms with Gasteiger partial charge in [-0.05, 0) is 32.6 Å². The van der Waals surface area contributed by atoms with Crippen molar-refractivity contribution in [1.29, 1.82) is 0 Å². The number of thiol groups is 1. The Hall–Kier alpha value is 0.270. The summed E-state index contributed by atoms with van der Waals surface area (Å²) < 4.78 is 0. The molecule has 0 aromatic heterocycles. The Labute approximate surface area is 79.9 Å². The largest absolute Gasteiger partial charge is 0.326 e. The molecule has 0 aromatic rings.